The van der Waals surface area contributed by atoms with E-state index in [1.807, 2.05) is 0 Å². The van der Waals surface area contributed by atoms with Gasteiger partial charge < -0.3 is 0 Å². The number of hydrogen-bond acceptors (Lipinski definition) is 1. The molecule has 0 radical (unpaired) electrons. The third kappa shape index (κ3) is 4.77. The minimum atomic E-state index is -0.0197. The molecule has 1 N–H and O–H groups in total. The summed E-state index contributed by atoms with van der Waals surface area (Å²) in [5.74, 6) is 0. The summed E-state index contributed by atoms with van der Waals surface area (Å²) in [5.41, 5.74) is 0. The van der Waals surface area contributed by atoms with Crippen molar-refractivity contribution < 1.29 is 21.2 Å². The van der Waals surface area contributed by atoms with E-state index in [1.165, 1.54) is 0 Å². The molecule has 0 saturated carbocycles. The molecular formula is C5H8BrIN-. The molecule has 0 aromatic carbocycles. The zero-order chi connectivity index (χ0) is 6.41. The Morgan fingerprint density at radius 2 is 2.50 bits per heavy atom. The van der Waals surface area contributed by atoms with Crippen molar-refractivity contribution in [2.24, 2.45) is 0 Å². The van der Waals surface area contributed by atoms with Crippen LogP contribution in [-0.4, -0.2) is 13.5 Å². The van der Waals surface area contributed by atoms with Crippen molar-refractivity contribution in [3.05, 3.63) is 12.7 Å². The molecule has 48 valence electrons. The second kappa shape index (κ2) is 5.75. The van der Waals surface area contributed by atoms with Crippen molar-refractivity contribution in [3.63, 3.8) is 0 Å². The average molecular weight is 289 g/mol. The Labute approximate surface area is 68.4 Å². The summed E-state index contributed by atoms with van der Waals surface area (Å²) in [6.07, 6.45) is 1.63. The molecule has 1 nitrogen and oxygen atoms in total. The number of halogens is 2. The molecule has 3 heteroatoms. The second-order valence-corrected chi connectivity index (χ2v) is 4.86. The molecule has 0 rings (SSSR count). The monoisotopic (exact) mass is 288 g/mol. The number of rotatable bonds is 4. The van der Waals surface area contributed by atoms with E-state index in [0.29, 0.717) is 0 Å². The van der Waals surface area contributed by atoms with Crippen molar-refractivity contribution in [2.75, 3.05) is 9.76 Å². The number of nitrogens with one attached hydrogen (secondary N) is 1. The Hall–Kier alpha value is 0.620. The summed E-state index contributed by atoms with van der Waals surface area (Å²) in [6, 6.07) is 0. The fourth-order valence-electron chi connectivity index (χ4n) is 0.192. The second-order valence-electron chi connectivity index (χ2n) is 1.06. The molecule has 0 spiro atoms. The Kier molecular flexibility index (Phi) is 6.20. The van der Waals surface area contributed by atoms with E-state index < -0.39 is 0 Å². The topological polar surface area (TPSA) is 23.9 Å². The summed E-state index contributed by atoms with van der Waals surface area (Å²) >= 11 is 3.28. The van der Waals surface area contributed by atoms with Crippen LogP contribution in [0.25, 0.3) is 0 Å². The molecule has 8 heavy (non-hydrogen) atoms. The van der Waals surface area contributed by atoms with Gasteiger partial charge in [-0.3, -0.25) is 0 Å². The fourth-order valence-corrected chi connectivity index (χ4v) is 2.29. The molecule has 0 aliphatic carbocycles. The molecule has 0 amide bonds. The molecular weight excluding hydrogens is 281 g/mol. The third-order valence-corrected chi connectivity index (χ3v) is 4.71. The van der Waals surface area contributed by atoms with Gasteiger partial charge in [0.05, 0.1) is 0 Å². The van der Waals surface area contributed by atoms with Crippen LogP contribution in [0.3, 0.4) is 0 Å². The molecule has 0 aliphatic rings. The summed E-state index contributed by atoms with van der Waals surface area (Å²) in [6.45, 7) is 3.50. The van der Waals surface area contributed by atoms with Crippen LogP contribution < -0.4 is 21.2 Å². The number of hydrogen-bond donors (Lipinski definition) is 1. The van der Waals surface area contributed by atoms with Gasteiger partial charge in [0.1, 0.15) is 0 Å². The van der Waals surface area contributed by atoms with Crippen LogP contribution in [0.4, 0.5) is 0 Å². The fraction of sp³-hybridized carbons (Fsp3) is 0.400. The first kappa shape index (κ1) is 8.62. The maximum absolute atomic E-state index is 7.15. The van der Waals surface area contributed by atoms with Crippen LogP contribution in [0.2, 0.25) is 0 Å². The van der Waals surface area contributed by atoms with Gasteiger partial charge in [0.25, 0.3) is 0 Å². The van der Waals surface area contributed by atoms with Gasteiger partial charge in [-0.25, -0.2) is 0 Å². The van der Waals surface area contributed by atoms with Crippen molar-refractivity contribution in [1.82, 2.24) is 0 Å². The summed E-state index contributed by atoms with van der Waals surface area (Å²) in [4.78, 5) is 0. The number of alkyl halides is 2. The quantitative estimate of drug-likeness (QED) is 0.375. The predicted octanol–water partition coefficient (Wildman–Crippen LogP) is -1.37. The Bertz CT molecular complexity index is 92.4. The summed E-state index contributed by atoms with van der Waals surface area (Å²) < 4.78 is 1.88. The average Bonchev–Trinajstić information content (AvgIpc) is 1.83. The van der Waals surface area contributed by atoms with E-state index in [-0.39, 0.29) is 21.2 Å². The molecule has 0 unspecified atom stereocenters. The molecule has 0 aliphatic heterocycles. The zero-order valence-corrected chi connectivity index (χ0v) is 8.20. The van der Waals surface area contributed by atoms with E-state index in [1.54, 1.807) is 6.08 Å². The van der Waals surface area contributed by atoms with E-state index in [2.05, 4.69) is 22.5 Å². The molecule has 0 bridgehead atoms. The van der Waals surface area contributed by atoms with Gasteiger partial charge >= 0.3 is 68.7 Å². The van der Waals surface area contributed by atoms with Crippen LogP contribution in [0, 0.1) is 5.41 Å². The summed E-state index contributed by atoms with van der Waals surface area (Å²) in [7, 11) is 0. The van der Waals surface area contributed by atoms with Crippen molar-refractivity contribution >= 4 is 19.6 Å². The van der Waals surface area contributed by atoms with Gasteiger partial charge in [-0.15, -0.1) is 0 Å². The van der Waals surface area contributed by atoms with Crippen molar-refractivity contribution in [1.29, 1.82) is 5.41 Å². The van der Waals surface area contributed by atoms with Crippen LogP contribution in [0.15, 0.2) is 12.7 Å². The summed E-state index contributed by atoms with van der Waals surface area (Å²) in [5, 5.41) is 8.18. The van der Waals surface area contributed by atoms with Gasteiger partial charge in [-0.05, 0) is 0 Å². The Morgan fingerprint density at radius 3 is 2.88 bits per heavy atom. The minimum absolute atomic E-state index is 0.0197. The SMILES string of the molecule is C=CC(=N)[I-]CCBr. The predicted molar refractivity (Wildman–Crippen MR) is 36.6 cm³/mol. The van der Waals surface area contributed by atoms with E-state index in [9.17, 15) is 0 Å². The molecule has 0 heterocycles. The molecule has 0 aromatic heterocycles. The van der Waals surface area contributed by atoms with Gasteiger partial charge in [0.15, 0.2) is 0 Å². The first-order chi connectivity index (χ1) is 3.81. The van der Waals surface area contributed by atoms with Crippen LogP contribution in [0.5, 0.6) is 0 Å². The Morgan fingerprint density at radius 1 is 1.88 bits per heavy atom. The van der Waals surface area contributed by atoms with Crippen molar-refractivity contribution in [3.8, 4) is 0 Å². The van der Waals surface area contributed by atoms with Crippen molar-refractivity contribution in [2.45, 2.75) is 0 Å². The van der Waals surface area contributed by atoms with Gasteiger partial charge in [0, 0.05) is 0 Å². The molecule has 0 fully saturated rings. The molecule has 0 saturated heterocycles. The molecule has 0 aromatic rings. The first-order valence-corrected chi connectivity index (χ1v) is 5.90. The van der Waals surface area contributed by atoms with Crippen LogP contribution >= 0.6 is 15.9 Å². The first-order valence-electron chi connectivity index (χ1n) is 2.17. The van der Waals surface area contributed by atoms with Crippen LogP contribution in [-0.2, 0) is 0 Å². The number of allylic oxidation sites excluding steroid dienone is 1. The van der Waals surface area contributed by atoms with Crippen LogP contribution in [0.1, 0.15) is 0 Å². The Balaban J connectivity index is 3.11. The van der Waals surface area contributed by atoms with E-state index in [0.717, 1.165) is 13.5 Å². The zero-order valence-electron chi connectivity index (χ0n) is 4.45. The van der Waals surface area contributed by atoms with Gasteiger partial charge in [0.2, 0.25) is 0 Å². The third-order valence-electron chi connectivity index (χ3n) is 0.489. The van der Waals surface area contributed by atoms with Gasteiger partial charge in [-0.1, -0.05) is 0 Å². The normalized spacial score (nSPS) is 9.12. The van der Waals surface area contributed by atoms with E-state index >= 15 is 0 Å². The van der Waals surface area contributed by atoms with E-state index in [4.69, 9.17) is 5.41 Å². The standard InChI is InChI=1S/C5H8BrIN/c1-2-5(8)7-4-3-6/h2,8H,1,3-4H2/q-1. The maximum atomic E-state index is 7.15. The van der Waals surface area contributed by atoms with Gasteiger partial charge in [-0.2, -0.15) is 0 Å². The molecule has 0 atom stereocenters.